The van der Waals surface area contributed by atoms with E-state index in [9.17, 15) is 9.59 Å². The number of hydrogen-bond acceptors (Lipinski definition) is 5. The van der Waals surface area contributed by atoms with Crippen LogP contribution in [0.3, 0.4) is 0 Å². The van der Waals surface area contributed by atoms with Crippen LogP contribution in [0.25, 0.3) is 0 Å². The Morgan fingerprint density at radius 1 is 1.17 bits per heavy atom. The van der Waals surface area contributed by atoms with Crippen LogP contribution in [0.1, 0.15) is 13.3 Å². The van der Waals surface area contributed by atoms with Crippen LogP contribution < -0.4 is 14.5 Å². The third kappa shape index (κ3) is 4.21. The average molecular weight is 429 g/mol. The molecule has 7 nitrogen and oxygen atoms in total. The Balaban J connectivity index is 1.38. The van der Waals surface area contributed by atoms with Crippen molar-refractivity contribution in [2.75, 3.05) is 49.1 Å². The lowest BCUT2D eigenvalue weighted by molar-refractivity contribution is -0.136. The highest BCUT2D eigenvalue weighted by Gasteiger charge is 2.38. The first-order valence-corrected chi connectivity index (χ1v) is 10.6. The third-order valence-electron chi connectivity index (χ3n) is 5.56. The van der Waals surface area contributed by atoms with Crippen LogP contribution in [0, 0.1) is 5.92 Å². The van der Waals surface area contributed by atoms with E-state index in [1.807, 2.05) is 48.2 Å². The van der Waals surface area contributed by atoms with Gasteiger partial charge in [-0.1, -0.05) is 23.7 Å². The van der Waals surface area contributed by atoms with E-state index < -0.39 is 0 Å². The molecule has 0 saturated carbocycles. The van der Waals surface area contributed by atoms with Crippen LogP contribution in [0.5, 0.6) is 5.75 Å². The molecule has 1 unspecified atom stereocenters. The van der Waals surface area contributed by atoms with E-state index >= 15 is 0 Å². The SMILES string of the molecule is CCOc1ccccc1N1CC(C(=O)N2CCN(c3ccc(Cl)cn3)CC2)CC1=O. The summed E-state index contributed by atoms with van der Waals surface area (Å²) in [6.07, 6.45) is 1.87. The van der Waals surface area contributed by atoms with E-state index in [1.165, 1.54) is 0 Å². The van der Waals surface area contributed by atoms with Gasteiger partial charge >= 0.3 is 0 Å². The summed E-state index contributed by atoms with van der Waals surface area (Å²) in [4.78, 5) is 35.8. The van der Waals surface area contributed by atoms with Crippen LogP contribution >= 0.6 is 11.6 Å². The summed E-state index contributed by atoms with van der Waals surface area (Å²) in [5.41, 5.74) is 0.735. The number of para-hydroxylation sites is 2. The maximum absolute atomic E-state index is 13.1. The van der Waals surface area contributed by atoms with Crippen molar-refractivity contribution in [2.45, 2.75) is 13.3 Å². The molecule has 2 aliphatic rings. The number of amides is 2. The lowest BCUT2D eigenvalue weighted by Crippen LogP contribution is -2.51. The second-order valence-electron chi connectivity index (χ2n) is 7.45. The Morgan fingerprint density at radius 2 is 1.93 bits per heavy atom. The second-order valence-corrected chi connectivity index (χ2v) is 7.89. The predicted molar refractivity (Wildman–Crippen MR) is 116 cm³/mol. The van der Waals surface area contributed by atoms with Gasteiger partial charge in [0.1, 0.15) is 11.6 Å². The number of benzene rings is 1. The molecular weight excluding hydrogens is 404 g/mol. The number of carbonyl (C=O) groups is 2. The maximum atomic E-state index is 13.1. The summed E-state index contributed by atoms with van der Waals surface area (Å²) in [5, 5.41) is 0.605. The molecule has 0 radical (unpaired) electrons. The van der Waals surface area contributed by atoms with Crippen molar-refractivity contribution in [3.05, 3.63) is 47.6 Å². The molecule has 0 bridgehead atoms. The molecular formula is C22H25ClN4O3. The van der Waals surface area contributed by atoms with E-state index in [4.69, 9.17) is 16.3 Å². The van der Waals surface area contributed by atoms with Crippen molar-refractivity contribution < 1.29 is 14.3 Å². The fourth-order valence-electron chi connectivity index (χ4n) is 4.03. The minimum absolute atomic E-state index is 0.0375. The Kier molecular flexibility index (Phi) is 6.08. The number of aromatic nitrogens is 1. The third-order valence-corrected chi connectivity index (χ3v) is 5.78. The number of anilines is 2. The van der Waals surface area contributed by atoms with Gasteiger partial charge in [-0.2, -0.15) is 0 Å². The molecule has 0 N–H and O–H groups in total. The molecule has 4 rings (SSSR count). The topological polar surface area (TPSA) is 66.0 Å². The largest absolute Gasteiger partial charge is 0.492 e. The van der Waals surface area contributed by atoms with Gasteiger partial charge in [-0.25, -0.2) is 4.98 Å². The highest BCUT2D eigenvalue weighted by Crippen LogP contribution is 2.33. The summed E-state index contributed by atoms with van der Waals surface area (Å²) in [7, 11) is 0. The number of pyridine rings is 1. The Hall–Kier alpha value is -2.80. The van der Waals surface area contributed by atoms with Crippen molar-refractivity contribution >= 4 is 34.9 Å². The monoisotopic (exact) mass is 428 g/mol. The number of hydrogen-bond donors (Lipinski definition) is 0. The first-order chi connectivity index (χ1) is 14.6. The summed E-state index contributed by atoms with van der Waals surface area (Å²) < 4.78 is 5.66. The lowest BCUT2D eigenvalue weighted by atomic mass is 10.1. The van der Waals surface area contributed by atoms with Gasteiger partial charge in [0.2, 0.25) is 11.8 Å². The average Bonchev–Trinajstić information content (AvgIpc) is 3.16. The second kappa shape index (κ2) is 8.92. The minimum Gasteiger partial charge on any atom is -0.492 e. The fourth-order valence-corrected chi connectivity index (χ4v) is 4.14. The molecule has 2 fully saturated rings. The van der Waals surface area contributed by atoms with Gasteiger partial charge in [0.25, 0.3) is 0 Å². The number of nitrogens with zero attached hydrogens (tertiary/aromatic N) is 4. The molecule has 0 aliphatic carbocycles. The molecule has 158 valence electrons. The van der Waals surface area contributed by atoms with Crippen LogP contribution in [0.4, 0.5) is 11.5 Å². The van der Waals surface area contributed by atoms with E-state index in [1.54, 1.807) is 11.1 Å². The van der Waals surface area contributed by atoms with Crippen molar-refractivity contribution in [1.82, 2.24) is 9.88 Å². The highest BCUT2D eigenvalue weighted by molar-refractivity contribution is 6.30. The molecule has 1 atom stereocenters. The molecule has 30 heavy (non-hydrogen) atoms. The summed E-state index contributed by atoms with van der Waals surface area (Å²) >= 11 is 5.91. The van der Waals surface area contributed by atoms with E-state index in [0.717, 1.165) is 11.5 Å². The predicted octanol–water partition coefficient (Wildman–Crippen LogP) is 2.84. The number of halogens is 1. The zero-order valence-electron chi connectivity index (χ0n) is 17.0. The normalized spacial score (nSPS) is 19.3. The molecule has 3 heterocycles. The van der Waals surface area contributed by atoms with Crippen LogP contribution in [0.2, 0.25) is 5.02 Å². The van der Waals surface area contributed by atoms with Gasteiger partial charge < -0.3 is 19.4 Å². The quantitative estimate of drug-likeness (QED) is 0.732. The van der Waals surface area contributed by atoms with Crippen molar-refractivity contribution in [3.63, 3.8) is 0 Å². The highest BCUT2D eigenvalue weighted by atomic mass is 35.5. The minimum atomic E-state index is -0.326. The summed E-state index contributed by atoms with van der Waals surface area (Å²) in [6.45, 7) is 5.46. The van der Waals surface area contributed by atoms with Crippen LogP contribution in [0.15, 0.2) is 42.6 Å². The molecule has 2 aromatic rings. The number of rotatable bonds is 5. The smallest absolute Gasteiger partial charge is 0.228 e. The molecule has 0 spiro atoms. The summed E-state index contributed by atoms with van der Waals surface area (Å²) in [6, 6.07) is 11.2. The van der Waals surface area contributed by atoms with Crippen molar-refractivity contribution in [1.29, 1.82) is 0 Å². The van der Waals surface area contributed by atoms with Crippen molar-refractivity contribution in [3.8, 4) is 5.75 Å². The van der Waals surface area contributed by atoms with E-state index in [-0.39, 0.29) is 24.2 Å². The van der Waals surface area contributed by atoms with Gasteiger partial charge in [0.15, 0.2) is 0 Å². The van der Waals surface area contributed by atoms with Crippen LogP contribution in [-0.4, -0.2) is 61.0 Å². The number of ether oxygens (including phenoxy) is 1. The molecule has 2 amide bonds. The Bertz CT molecular complexity index is 913. The lowest BCUT2D eigenvalue weighted by Gasteiger charge is -2.36. The standard InChI is InChI=1S/C22H25ClN4O3/c1-2-30-19-6-4-3-5-18(19)27-15-16(13-21(27)28)22(29)26-11-9-25(10-12-26)20-8-7-17(23)14-24-20/h3-8,14,16H,2,9-13,15H2,1H3. The van der Waals surface area contributed by atoms with E-state index in [2.05, 4.69) is 9.88 Å². The van der Waals surface area contributed by atoms with Gasteiger partial charge in [-0.3, -0.25) is 9.59 Å². The Morgan fingerprint density at radius 3 is 2.63 bits per heavy atom. The molecule has 2 saturated heterocycles. The van der Waals surface area contributed by atoms with Crippen LogP contribution in [-0.2, 0) is 9.59 Å². The first-order valence-electron chi connectivity index (χ1n) is 10.2. The number of carbonyl (C=O) groups excluding carboxylic acids is 2. The maximum Gasteiger partial charge on any atom is 0.228 e. The van der Waals surface area contributed by atoms with Gasteiger partial charge in [0.05, 0.1) is 23.2 Å². The summed E-state index contributed by atoms with van der Waals surface area (Å²) in [5.74, 6) is 1.21. The molecule has 8 heteroatoms. The molecule has 1 aromatic carbocycles. The first kappa shape index (κ1) is 20.5. The van der Waals surface area contributed by atoms with E-state index in [0.29, 0.717) is 50.1 Å². The fraction of sp³-hybridized carbons (Fsp3) is 0.409. The zero-order chi connectivity index (χ0) is 21.1. The Labute approximate surface area is 181 Å². The van der Waals surface area contributed by atoms with Crippen molar-refractivity contribution in [2.24, 2.45) is 5.92 Å². The van der Waals surface area contributed by atoms with Gasteiger partial charge in [-0.15, -0.1) is 0 Å². The molecule has 2 aliphatic heterocycles. The van der Waals surface area contributed by atoms with Gasteiger partial charge in [-0.05, 0) is 31.2 Å². The molecule has 1 aromatic heterocycles. The number of piperazine rings is 1. The van der Waals surface area contributed by atoms with Gasteiger partial charge in [0, 0.05) is 45.3 Å². The zero-order valence-corrected chi connectivity index (χ0v) is 17.7.